The van der Waals surface area contributed by atoms with Crippen LogP contribution in [0.4, 0.5) is 0 Å². The molecule has 1 amide bonds. The van der Waals surface area contributed by atoms with E-state index in [2.05, 4.69) is 12.2 Å². The molecule has 3 heteroatoms. The second kappa shape index (κ2) is 5.96. The average Bonchev–Trinajstić information content (AvgIpc) is 2.42. The third kappa shape index (κ3) is 3.50. The number of rotatable bonds is 3. The topological polar surface area (TPSA) is 29.1 Å². The maximum atomic E-state index is 12.3. The molecule has 1 fully saturated rings. The van der Waals surface area contributed by atoms with Crippen LogP contribution in [0, 0.1) is 12.8 Å². The van der Waals surface area contributed by atoms with Gasteiger partial charge in [-0.25, -0.2) is 0 Å². The van der Waals surface area contributed by atoms with E-state index in [-0.39, 0.29) is 11.4 Å². The maximum absolute atomic E-state index is 12.3. The molecular formula is C16H22ClNO. The predicted molar refractivity (Wildman–Crippen MR) is 79.7 cm³/mol. The monoisotopic (exact) mass is 279 g/mol. The van der Waals surface area contributed by atoms with Gasteiger partial charge in [-0.3, -0.25) is 4.79 Å². The zero-order valence-electron chi connectivity index (χ0n) is 11.7. The molecular weight excluding hydrogens is 258 g/mol. The quantitative estimate of drug-likeness (QED) is 0.835. The first-order valence-corrected chi connectivity index (χ1v) is 7.53. The van der Waals surface area contributed by atoms with E-state index in [1.165, 1.54) is 0 Å². The van der Waals surface area contributed by atoms with Gasteiger partial charge in [0, 0.05) is 11.4 Å². The van der Waals surface area contributed by atoms with E-state index in [4.69, 9.17) is 11.6 Å². The molecule has 0 radical (unpaired) electrons. The van der Waals surface area contributed by atoms with Crippen LogP contribution in [0.15, 0.2) is 24.3 Å². The number of carbonyl (C=O) groups is 1. The Bertz CT molecular complexity index is 433. The molecule has 0 unspecified atom stereocenters. The van der Waals surface area contributed by atoms with E-state index in [9.17, 15) is 4.79 Å². The third-order valence-corrected chi connectivity index (χ3v) is 4.69. The van der Waals surface area contributed by atoms with Gasteiger partial charge in [-0.05, 0) is 50.7 Å². The minimum Gasteiger partial charge on any atom is -0.345 e. The number of hydrogen-bond donors (Lipinski definition) is 1. The van der Waals surface area contributed by atoms with E-state index in [0.717, 1.165) is 37.2 Å². The molecule has 1 aromatic carbocycles. The van der Waals surface area contributed by atoms with Crippen molar-refractivity contribution in [2.24, 2.45) is 5.92 Å². The molecule has 0 bridgehead atoms. The van der Waals surface area contributed by atoms with Crippen molar-refractivity contribution in [1.82, 2.24) is 5.32 Å². The van der Waals surface area contributed by atoms with Gasteiger partial charge in [-0.1, -0.05) is 24.6 Å². The van der Waals surface area contributed by atoms with Crippen LogP contribution in [-0.4, -0.2) is 17.3 Å². The normalized spacial score (nSPS) is 27.0. The van der Waals surface area contributed by atoms with Crippen LogP contribution in [0.3, 0.4) is 0 Å². The number of nitrogens with one attached hydrogen (secondary N) is 1. The van der Waals surface area contributed by atoms with Gasteiger partial charge in [0.1, 0.15) is 0 Å². The molecule has 1 N–H and O–H groups in total. The summed E-state index contributed by atoms with van der Waals surface area (Å²) >= 11 is 6.13. The summed E-state index contributed by atoms with van der Waals surface area (Å²) in [7, 11) is 0. The summed E-state index contributed by atoms with van der Waals surface area (Å²) in [5.74, 6) is 1.24. The lowest BCUT2D eigenvalue weighted by Crippen LogP contribution is -2.52. The van der Waals surface area contributed by atoms with E-state index in [1.54, 1.807) is 0 Å². The smallest absolute Gasteiger partial charge is 0.251 e. The first kappa shape index (κ1) is 14.4. The van der Waals surface area contributed by atoms with E-state index in [0.29, 0.717) is 11.4 Å². The number of aryl methyl sites for hydroxylation is 1. The van der Waals surface area contributed by atoms with Gasteiger partial charge in [-0.15, -0.1) is 11.6 Å². The standard InChI is InChI=1S/C16H22ClNO/c1-12-3-5-14(6-4-12)15(19)18-16(11-17)9-7-13(2)8-10-16/h3-6,13H,7-11H2,1-2H3,(H,18,19). The zero-order valence-corrected chi connectivity index (χ0v) is 12.5. The Labute approximate surface area is 120 Å². The SMILES string of the molecule is Cc1ccc(C(=O)NC2(CCl)CCC(C)CC2)cc1. The minimum atomic E-state index is -0.212. The lowest BCUT2D eigenvalue weighted by Gasteiger charge is -2.38. The number of amides is 1. The first-order valence-electron chi connectivity index (χ1n) is 7.00. The summed E-state index contributed by atoms with van der Waals surface area (Å²) < 4.78 is 0. The molecule has 0 aliphatic heterocycles. The van der Waals surface area contributed by atoms with Crippen molar-refractivity contribution in [1.29, 1.82) is 0 Å². The molecule has 19 heavy (non-hydrogen) atoms. The fourth-order valence-electron chi connectivity index (χ4n) is 2.62. The predicted octanol–water partition coefficient (Wildman–Crippen LogP) is 3.91. The number of alkyl halides is 1. The fourth-order valence-corrected chi connectivity index (χ4v) is 2.96. The first-order chi connectivity index (χ1) is 9.04. The Balaban J connectivity index is 2.06. The van der Waals surface area contributed by atoms with Crippen molar-refractivity contribution in [3.8, 4) is 0 Å². The van der Waals surface area contributed by atoms with Gasteiger partial charge >= 0.3 is 0 Å². The Hall–Kier alpha value is -1.02. The van der Waals surface area contributed by atoms with Gasteiger partial charge in [0.15, 0.2) is 0 Å². The zero-order chi connectivity index (χ0) is 13.9. The summed E-state index contributed by atoms with van der Waals surface area (Å²) in [6.07, 6.45) is 4.24. The molecule has 1 aliphatic carbocycles. The van der Waals surface area contributed by atoms with E-state index >= 15 is 0 Å². The largest absolute Gasteiger partial charge is 0.345 e. The van der Waals surface area contributed by atoms with Crippen LogP contribution in [0.2, 0.25) is 0 Å². The van der Waals surface area contributed by atoms with Gasteiger partial charge < -0.3 is 5.32 Å². The van der Waals surface area contributed by atoms with Crippen LogP contribution in [0.5, 0.6) is 0 Å². The van der Waals surface area contributed by atoms with Crippen molar-refractivity contribution < 1.29 is 4.79 Å². The summed E-state index contributed by atoms with van der Waals surface area (Å²) in [6.45, 7) is 4.28. The summed E-state index contributed by atoms with van der Waals surface area (Å²) in [4.78, 5) is 12.3. The van der Waals surface area contributed by atoms with Crippen molar-refractivity contribution in [2.45, 2.75) is 45.1 Å². The van der Waals surface area contributed by atoms with Crippen LogP contribution in [0.25, 0.3) is 0 Å². The number of carbonyl (C=O) groups excluding carboxylic acids is 1. The van der Waals surface area contributed by atoms with Crippen molar-refractivity contribution in [2.75, 3.05) is 5.88 Å². The molecule has 0 atom stereocenters. The summed E-state index contributed by atoms with van der Waals surface area (Å²) in [6, 6.07) is 7.67. The maximum Gasteiger partial charge on any atom is 0.251 e. The molecule has 0 spiro atoms. The molecule has 0 heterocycles. The Kier molecular flexibility index (Phi) is 4.51. The summed E-state index contributed by atoms with van der Waals surface area (Å²) in [5.41, 5.74) is 1.67. The second-order valence-corrected chi connectivity index (χ2v) is 6.18. The highest BCUT2D eigenvalue weighted by Gasteiger charge is 2.34. The van der Waals surface area contributed by atoms with Crippen LogP contribution >= 0.6 is 11.6 Å². The molecule has 0 saturated heterocycles. The molecule has 2 nitrogen and oxygen atoms in total. The van der Waals surface area contributed by atoms with Crippen molar-refractivity contribution >= 4 is 17.5 Å². The lowest BCUT2D eigenvalue weighted by atomic mass is 9.78. The average molecular weight is 280 g/mol. The Morgan fingerprint density at radius 2 is 1.89 bits per heavy atom. The van der Waals surface area contributed by atoms with Crippen LogP contribution < -0.4 is 5.32 Å². The molecule has 104 valence electrons. The third-order valence-electron chi connectivity index (χ3n) is 4.18. The van der Waals surface area contributed by atoms with E-state index < -0.39 is 0 Å². The Morgan fingerprint density at radius 1 is 1.32 bits per heavy atom. The number of benzene rings is 1. The number of hydrogen-bond acceptors (Lipinski definition) is 1. The Morgan fingerprint density at radius 3 is 2.42 bits per heavy atom. The van der Waals surface area contributed by atoms with Crippen molar-refractivity contribution in [3.05, 3.63) is 35.4 Å². The minimum absolute atomic E-state index is 0.00444. The van der Waals surface area contributed by atoms with E-state index in [1.807, 2.05) is 31.2 Å². The molecule has 0 aromatic heterocycles. The van der Waals surface area contributed by atoms with Gasteiger partial charge in [0.2, 0.25) is 0 Å². The van der Waals surface area contributed by atoms with Gasteiger partial charge in [-0.2, -0.15) is 0 Å². The lowest BCUT2D eigenvalue weighted by molar-refractivity contribution is 0.0872. The van der Waals surface area contributed by atoms with Gasteiger partial charge in [0.25, 0.3) is 5.91 Å². The molecule has 1 saturated carbocycles. The van der Waals surface area contributed by atoms with Crippen molar-refractivity contribution in [3.63, 3.8) is 0 Å². The molecule has 1 aliphatic rings. The molecule has 1 aromatic rings. The second-order valence-electron chi connectivity index (χ2n) is 5.92. The highest BCUT2D eigenvalue weighted by molar-refractivity contribution is 6.19. The van der Waals surface area contributed by atoms with Crippen LogP contribution in [-0.2, 0) is 0 Å². The number of halogens is 1. The van der Waals surface area contributed by atoms with Gasteiger partial charge in [0.05, 0.1) is 5.54 Å². The highest BCUT2D eigenvalue weighted by atomic mass is 35.5. The summed E-state index contributed by atoms with van der Waals surface area (Å²) in [5, 5.41) is 3.17. The van der Waals surface area contributed by atoms with Crippen LogP contribution in [0.1, 0.15) is 48.5 Å². The molecule has 2 rings (SSSR count). The highest BCUT2D eigenvalue weighted by Crippen LogP contribution is 2.33. The fraction of sp³-hybridized carbons (Fsp3) is 0.562.